The lowest BCUT2D eigenvalue weighted by Crippen LogP contribution is -2.36. The maximum Gasteiger partial charge on any atom is 0.256 e. The minimum Gasteiger partial charge on any atom is -0.497 e. The van der Waals surface area contributed by atoms with Gasteiger partial charge in [-0.3, -0.25) is 9.89 Å². The van der Waals surface area contributed by atoms with Crippen molar-refractivity contribution in [2.75, 3.05) is 43.6 Å². The fourth-order valence-electron chi connectivity index (χ4n) is 2.46. The summed E-state index contributed by atoms with van der Waals surface area (Å²) in [6.45, 7) is 2.49. The van der Waals surface area contributed by atoms with Crippen molar-refractivity contribution in [3.63, 3.8) is 0 Å². The number of hydrogen-bond acceptors (Lipinski definition) is 6. The van der Waals surface area contributed by atoms with E-state index in [0.29, 0.717) is 54.8 Å². The number of benzene rings is 1. The third kappa shape index (κ3) is 3.16. The van der Waals surface area contributed by atoms with Gasteiger partial charge in [0, 0.05) is 18.7 Å². The summed E-state index contributed by atoms with van der Waals surface area (Å²) >= 11 is 0. The van der Waals surface area contributed by atoms with Crippen LogP contribution in [0.25, 0.3) is 0 Å². The molecule has 1 saturated heterocycles. The van der Waals surface area contributed by atoms with Crippen LogP contribution in [-0.2, 0) is 4.74 Å². The van der Waals surface area contributed by atoms with E-state index < -0.39 is 0 Å². The largest absolute Gasteiger partial charge is 0.497 e. The van der Waals surface area contributed by atoms with Crippen LogP contribution >= 0.6 is 0 Å². The fourth-order valence-corrected chi connectivity index (χ4v) is 2.46. The molecule has 0 spiro atoms. The Balaban J connectivity index is 1.78. The number of rotatable bonds is 4. The number of nitrogens with one attached hydrogen (secondary N) is 2. The van der Waals surface area contributed by atoms with Crippen LogP contribution in [0.3, 0.4) is 0 Å². The zero-order valence-corrected chi connectivity index (χ0v) is 13.2. The molecule has 3 rings (SSSR count). The number of morpholine rings is 1. The van der Waals surface area contributed by atoms with E-state index >= 15 is 0 Å². The molecule has 2 heterocycles. The van der Waals surface area contributed by atoms with Gasteiger partial charge in [0.1, 0.15) is 23.2 Å². The number of aromatic amines is 1. The van der Waals surface area contributed by atoms with E-state index in [0.717, 1.165) is 0 Å². The Morgan fingerprint density at radius 2 is 2.08 bits per heavy atom. The van der Waals surface area contributed by atoms with Crippen molar-refractivity contribution in [3.05, 3.63) is 35.4 Å². The summed E-state index contributed by atoms with van der Waals surface area (Å²) < 4.78 is 10.4. The van der Waals surface area contributed by atoms with Gasteiger partial charge in [-0.15, -0.1) is 0 Å². The van der Waals surface area contributed by atoms with Crippen molar-refractivity contribution < 1.29 is 14.3 Å². The lowest BCUT2D eigenvalue weighted by atomic mass is 10.2. The maximum absolute atomic E-state index is 12.3. The van der Waals surface area contributed by atoms with Crippen LogP contribution in [0.5, 0.6) is 5.75 Å². The van der Waals surface area contributed by atoms with Crippen molar-refractivity contribution in [2.24, 2.45) is 0 Å². The van der Waals surface area contributed by atoms with Crippen molar-refractivity contribution in [1.82, 2.24) is 10.2 Å². The minimum absolute atomic E-state index is 0.291. The number of carbonyl (C=O) groups is 1. The highest BCUT2D eigenvalue weighted by Gasteiger charge is 2.22. The van der Waals surface area contributed by atoms with Crippen LogP contribution in [0.15, 0.2) is 24.3 Å². The molecule has 1 aliphatic heterocycles. The molecular formula is C16H17N5O3. The van der Waals surface area contributed by atoms with Crippen LogP contribution in [-0.4, -0.2) is 49.5 Å². The molecule has 8 nitrogen and oxygen atoms in total. The number of anilines is 2. The Hall–Kier alpha value is -3.05. The van der Waals surface area contributed by atoms with E-state index in [2.05, 4.69) is 21.6 Å². The topological polar surface area (TPSA) is 103 Å². The number of nitrogens with zero attached hydrogens (tertiary/aromatic N) is 3. The normalized spacial score (nSPS) is 14.1. The van der Waals surface area contributed by atoms with Crippen LogP contribution in [0.1, 0.15) is 15.9 Å². The van der Waals surface area contributed by atoms with E-state index in [9.17, 15) is 10.1 Å². The van der Waals surface area contributed by atoms with Gasteiger partial charge < -0.3 is 19.7 Å². The number of H-pyrrole nitrogens is 1. The number of amides is 1. The van der Waals surface area contributed by atoms with Gasteiger partial charge >= 0.3 is 0 Å². The molecule has 0 radical (unpaired) electrons. The monoisotopic (exact) mass is 327 g/mol. The molecule has 124 valence electrons. The lowest BCUT2D eigenvalue weighted by Gasteiger charge is -2.26. The molecule has 0 atom stereocenters. The summed E-state index contributed by atoms with van der Waals surface area (Å²) in [5.74, 6) is 1.16. The van der Waals surface area contributed by atoms with Gasteiger partial charge in [-0.25, -0.2) is 0 Å². The molecule has 0 unspecified atom stereocenters. The van der Waals surface area contributed by atoms with Crippen LogP contribution < -0.4 is 15.0 Å². The Morgan fingerprint density at radius 1 is 1.38 bits per heavy atom. The first-order chi connectivity index (χ1) is 11.7. The zero-order valence-electron chi connectivity index (χ0n) is 13.2. The molecule has 0 aliphatic carbocycles. The van der Waals surface area contributed by atoms with Crippen LogP contribution in [0, 0.1) is 11.3 Å². The second-order valence-electron chi connectivity index (χ2n) is 5.19. The Labute approximate surface area is 139 Å². The number of hydrogen-bond donors (Lipinski definition) is 2. The molecule has 2 N–H and O–H groups in total. The van der Waals surface area contributed by atoms with Gasteiger partial charge in [0.25, 0.3) is 5.91 Å². The van der Waals surface area contributed by atoms with Gasteiger partial charge in [0.15, 0.2) is 5.82 Å². The van der Waals surface area contributed by atoms with E-state index in [4.69, 9.17) is 9.47 Å². The molecule has 24 heavy (non-hydrogen) atoms. The maximum atomic E-state index is 12.3. The van der Waals surface area contributed by atoms with E-state index in [1.165, 1.54) is 0 Å². The first kappa shape index (κ1) is 15.8. The second kappa shape index (κ2) is 7.02. The highest BCUT2D eigenvalue weighted by atomic mass is 16.5. The standard InChI is InChI=1S/C16H17N5O3/c1-23-12-4-2-11(3-5-12)16(22)18-14-13(10-17)15(20-19-14)21-6-8-24-9-7-21/h2-5H,6-9H2,1H3,(H2,18,19,20,22). The number of ether oxygens (including phenoxy) is 2. The van der Waals surface area contributed by atoms with E-state index in [-0.39, 0.29) is 5.91 Å². The van der Waals surface area contributed by atoms with Crippen molar-refractivity contribution >= 4 is 17.5 Å². The number of nitriles is 1. The molecule has 1 fully saturated rings. The molecule has 1 aromatic heterocycles. The Morgan fingerprint density at radius 3 is 2.71 bits per heavy atom. The smallest absolute Gasteiger partial charge is 0.256 e. The first-order valence-electron chi connectivity index (χ1n) is 7.49. The van der Waals surface area contributed by atoms with E-state index in [1.54, 1.807) is 31.4 Å². The summed E-state index contributed by atoms with van der Waals surface area (Å²) in [6, 6.07) is 8.81. The average Bonchev–Trinajstić information content (AvgIpc) is 3.05. The fraction of sp³-hybridized carbons (Fsp3) is 0.312. The molecular weight excluding hydrogens is 310 g/mol. The third-order valence-corrected chi connectivity index (χ3v) is 3.76. The number of aromatic nitrogens is 2. The molecule has 0 bridgehead atoms. The molecule has 1 aliphatic rings. The Kier molecular flexibility index (Phi) is 4.63. The molecule has 1 aromatic carbocycles. The van der Waals surface area contributed by atoms with Crippen molar-refractivity contribution in [3.8, 4) is 11.8 Å². The third-order valence-electron chi connectivity index (χ3n) is 3.76. The lowest BCUT2D eigenvalue weighted by molar-refractivity contribution is 0.102. The number of carbonyl (C=O) groups excluding carboxylic acids is 1. The molecule has 2 aromatic rings. The molecule has 1 amide bonds. The SMILES string of the molecule is COc1ccc(C(=O)Nc2[nH]nc(N3CCOCC3)c2C#N)cc1. The summed E-state index contributed by atoms with van der Waals surface area (Å²) in [7, 11) is 1.56. The zero-order chi connectivity index (χ0) is 16.9. The quantitative estimate of drug-likeness (QED) is 0.879. The van der Waals surface area contributed by atoms with Crippen LogP contribution in [0.2, 0.25) is 0 Å². The first-order valence-corrected chi connectivity index (χ1v) is 7.49. The molecule has 8 heteroatoms. The number of methoxy groups -OCH3 is 1. The van der Waals surface area contributed by atoms with E-state index in [1.807, 2.05) is 4.90 Å². The summed E-state index contributed by atoms with van der Waals surface area (Å²) in [6.07, 6.45) is 0. The Bertz CT molecular complexity index is 757. The predicted molar refractivity (Wildman–Crippen MR) is 87.3 cm³/mol. The average molecular weight is 327 g/mol. The van der Waals surface area contributed by atoms with Gasteiger partial charge in [-0.2, -0.15) is 10.4 Å². The second-order valence-corrected chi connectivity index (χ2v) is 5.19. The minimum atomic E-state index is -0.327. The molecule has 0 saturated carbocycles. The van der Waals surface area contributed by atoms with Gasteiger partial charge in [-0.05, 0) is 24.3 Å². The van der Waals surface area contributed by atoms with Crippen molar-refractivity contribution in [1.29, 1.82) is 5.26 Å². The summed E-state index contributed by atoms with van der Waals surface area (Å²) in [5, 5.41) is 19.0. The summed E-state index contributed by atoms with van der Waals surface area (Å²) in [5.41, 5.74) is 0.779. The van der Waals surface area contributed by atoms with Crippen LogP contribution in [0.4, 0.5) is 11.6 Å². The predicted octanol–water partition coefficient (Wildman–Crippen LogP) is 1.38. The van der Waals surface area contributed by atoms with Gasteiger partial charge in [0.2, 0.25) is 0 Å². The highest BCUT2D eigenvalue weighted by molar-refractivity contribution is 6.04. The summed E-state index contributed by atoms with van der Waals surface area (Å²) in [4.78, 5) is 14.3. The van der Waals surface area contributed by atoms with Gasteiger partial charge in [-0.1, -0.05) is 0 Å². The van der Waals surface area contributed by atoms with Crippen molar-refractivity contribution in [2.45, 2.75) is 0 Å². The van der Waals surface area contributed by atoms with Gasteiger partial charge in [0.05, 0.1) is 20.3 Å². The highest BCUT2D eigenvalue weighted by Crippen LogP contribution is 2.25.